The van der Waals surface area contributed by atoms with Gasteiger partial charge in [-0.15, -0.1) is 0 Å². The van der Waals surface area contributed by atoms with Crippen molar-refractivity contribution in [2.75, 3.05) is 26.7 Å². The molecule has 0 bridgehead atoms. The maximum absolute atomic E-state index is 13.2. The van der Waals surface area contributed by atoms with E-state index in [1.54, 1.807) is 18.4 Å². The third-order valence-electron chi connectivity index (χ3n) is 5.57. The number of carbonyl (C=O) groups excluding carboxylic acids is 1. The summed E-state index contributed by atoms with van der Waals surface area (Å²) in [5.41, 5.74) is 1.81. The van der Waals surface area contributed by atoms with Gasteiger partial charge in [-0.1, -0.05) is 0 Å². The fourth-order valence-electron chi connectivity index (χ4n) is 3.77. The lowest BCUT2D eigenvalue weighted by Gasteiger charge is -2.25. The molecule has 0 radical (unpaired) electrons. The zero-order valence-electron chi connectivity index (χ0n) is 17.2. The van der Waals surface area contributed by atoms with Crippen molar-refractivity contribution >= 4 is 11.6 Å². The van der Waals surface area contributed by atoms with Gasteiger partial charge in [-0.05, 0) is 60.7 Å². The van der Waals surface area contributed by atoms with Gasteiger partial charge in [0, 0.05) is 25.9 Å². The fourth-order valence-corrected chi connectivity index (χ4v) is 3.77. The van der Waals surface area contributed by atoms with Crippen molar-refractivity contribution in [2.24, 2.45) is 11.0 Å². The van der Waals surface area contributed by atoms with Gasteiger partial charge < -0.3 is 9.15 Å². The summed E-state index contributed by atoms with van der Waals surface area (Å²) in [6.07, 6.45) is 5.04. The predicted octanol–water partition coefficient (Wildman–Crippen LogP) is 3.59. The molecule has 1 fully saturated rings. The van der Waals surface area contributed by atoms with Gasteiger partial charge in [-0.25, -0.2) is 5.01 Å². The Hall–Kier alpha value is -3.11. The number of nitriles is 1. The van der Waals surface area contributed by atoms with Gasteiger partial charge in [-0.2, -0.15) is 10.4 Å². The van der Waals surface area contributed by atoms with Crippen molar-refractivity contribution in [3.63, 3.8) is 0 Å². The summed E-state index contributed by atoms with van der Waals surface area (Å²) in [4.78, 5) is 15.3. The molecule has 0 saturated heterocycles. The number of hydrogen-bond donors (Lipinski definition) is 0. The highest BCUT2D eigenvalue weighted by molar-refractivity contribution is 6.03. The second-order valence-electron chi connectivity index (χ2n) is 7.84. The first-order valence-electron chi connectivity index (χ1n) is 10.3. The number of benzene rings is 1. The van der Waals surface area contributed by atoms with Gasteiger partial charge in [0.1, 0.15) is 17.6 Å². The Kier molecular flexibility index (Phi) is 6.15. The van der Waals surface area contributed by atoms with Crippen LogP contribution in [0.25, 0.3) is 0 Å². The fraction of sp³-hybridized carbons (Fsp3) is 0.435. The highest BCUT2D eigenvalue weighted by atomic mass is 16.5. The molecule has 2 aromatic rings. The van der Waals surface area contributed by atoms with E-state index in [1.165, 1.54) is 12.8 Å². The Morgan fingerprint density at radius 1 is 1.33 bits per heavy atom. The average Bonchev–Trinajstić information content (AvgIpc) is 3.24. The number of hydrazone groups is 1. The minimum Gasteiger partial charge on any atom is -0.497 e. The van der Waals surface area contributed by atoms with E-state index in [0.29, 0.717) is 25.3 Å². The number of ether oxygens (including phenoxy) is 1. The summed E-state index contributed by atoms with van der Waals surface area (Å²) in [5, 5.41) is 15.2. The van der Waals surface area contributed by atoms with E-state index in [4.69, 9.17) is 14.4 Å². The van der Waals surface area contributed by atoms with Crippen LogP contribution >= 0.6 is 0 Å². The zero-order valence-corrected chi connectivity index (χ0v) is 17.2. The van der Waals surface area contributed by atoms with Crippen molar-refractivity contribution in [2.45, 2.75) is 31.7 Å². The zero-order chi connectivity index (χ0) is 20.9. The van der Waals surface area contributed by atoms with Gasteiger partial charge in [0.25, 0.3) is 5.91 Å². The molecule has 1 amide bonds. The lowest BCUT2D eigenvalue weighted by Crippen LogP contribution is -2.39. The van der Waals surface area contributed by atoms with Crippen molar-refractivity contribution < 1.29 is 13.9 Å². The normalized spacial score (nSPS) is 18.4. The number of methoxy groups -OCH3 is 1. The molecule has 1 saturated carbocycles. The monoisotopic (exact) mass is 406 g/mol. The van der Waals surface area contributed by atoms with Crippen LogP contribution in [0.3, 0.4) is 0 Å². The second kappa shape index (κ2) is 9.14. The quantitative estimate of drug-likeness (QED) is 0.636. The standard InChI is InChI=1S/C23H26N4O3/c1-29-19-9-7-18(8-10-19)20-14-21(22-4-2-13-30-22)27(25-20)23(28)16-26(12-3-11-24)15-17-5-6-17/h2,4,7-10,13,17,21H,3,5-6,12,14-16H2,1H3/t21-/m0/s1. The van der Waals surface area contributed by atoms with Crippen LogP contribution in [0, 0.1) is 17.2 Å². The van der Waals surface area contributed by atoms with Crippen LogP contribution < -0.4 is 4.74 Å². The molecule has 0 unspecified atom stereocenters. The minimum absolute atomic E-state index is 0.0708. The lowest BCUT2D eigenvalue weighted by atomic mass is 10.0. The molecule has 0 N–H and O–H groups in total. The number of furan rings is 1. The van der Waals surface area contributed by atoms with Crippen molar-refractivity contribution in [1.82, 2.24) is 9.91 Å². The Bertz CT molecular complexity index is 926. The topological polar surface area (TPSA) is 82.1 Å². The van der Waals surface area contributed by atoms with Crippen LogP contribution in [-0.2, 0) is 4.79 Å². The van der Waals surface area contributed by atoms with E-state index in [1.807, 2.05) is 36.4 Å². The van der Waals surface area contributed by atoms with Gasteiger partial charge in [0.15, 0.2) is 0 Å². The molecule has 1 aliphatic heterocycles. The van der Waals surface area contributed by atoms with Gasteiger partial charge in [0.05, 0.1) is 31.7 Å². The molecule has 2 aliphatic rings. The van der Waals surface area contributed by atoms with Gasteiger partial charge in [0.2, 0.25) is 0 Å². The molecule has 1 aromatic carbocycles. The SMILES string of the molecule is COc1ccc(C2=NN(C(=O)CN(CCC#N)CC3CC3)[C@H](c3ccco3)C2)cc1. The largest absolute Gasteiger partial charge is 0.497 e. The molecule has 1 aliphatic carbocycles. The van der Waals surface area contributed by atoms with Gasteiger partial charge in [-0.3, -0.25) is 9.69 Å². The first-order chi connectivity index (χ1) is 14.7. The first kappa shape index (κ1) is 20.2. The van der Waals surface area contributed by atoms with E-state index >= 15 is 0 Å². The predicted molar refractivity (Wildman–Crippen MR) is 112 cm³/mol. The summed E-state index contributed by atoms with van der Waals surface area (Å²) in [7, 11) is 1.63. The van der Waals surface area contributed by atoms with E-state index < -0.39 is 0 Å². The molecule has 30 heavy (non-hydrogen) atoms. The number of nitrogens with zero attached hydrogens (tertiary/aromatic N) is 4. The van der Waals surface area contributed by atoms with Gasteiger partial charge >= 0.3 is 0 Å². The number of carbonyl (C=O) groups is 1. The maximum Gasteiger partial charge on any atom is 0.257 e. The van der Waals surface area contributed by atoms with Crippen molar-refractivity contribution in [3.05, 3.63) is 54.0 Å². The molecule has 156 valence electrons. The molecule has 7 heteroatoms. The van der Waals surface area contributed by atoms with Crippen LogP contribution in [0.15, 0.2) is 52.2 Å². The van der Waals surface area contributed by atoms with Crippen LogP contribution in [0.1, 0.15) is 43.0 Å². The summed E-state index contributed by atoms with van der Waals surface area (Å²) in [6.45, 7) is 1.73. The average molecular weight is 406 g/mol. The van der Waals surface area contributed by atoms with E-state index in [0.717, 1.165) is 29.3 Å². The van der Waals surface area contributed by atoms with E-state index in [9.17, 15) is 4.79 Å². The maximum atomic E-state index is 13.2. The Morgan fingerprint density at radius 3 is 2.77 bits per heavy atom. The van der Waals surface area contributed by atoms with Crippen molar-refractivity contribution in [3.8, 4) is 11.8 Å². The van der Waals surface area contributed by atoms with Crippen LogP contribution in [0.4, 0.5) is 0 Å². The molecule has 1 aromatic heterocycles. The molecule has 2 heterocycles. The molecular formula is C23H26N4O3. The molecule has 1 atom stereocenters. The van der Waals surface area contributed by atoms with Crippen LogP contribution in [-0.4, -0.2) is 48.3 Å². The molecule has 7 nitrogen and oxygen atoms in total. The summed E-state index contributed by atoms with van der Waals surface area (Å²) >= 11 is 0. The molecule has 4 rings (SSSR count). The molecular weight excluding hydrogens is 380 g/mol. The van der Waals surface area contributed by atoms with Crippen LogP contribution in [0.2, 0.25) is 0 Å². The minimum atomic E-state index is -0.261. The van der Waals surface area contributed by atoms with Crippen molar-refractivity contribution in [1.29, 1.82) is 5.26 Å². The van der Waals surface area contributed by atoms with E-state index in [2.05, 4.69) is 16.1 Å². The Balaban J connectivity index is 1.53. The lowest BCUT2D eigenvalue weighted by molar-refractivity contribution is -0.134. The highest BCUT2D eigenvalue weighted by Gasteiger charge is 2.36. The van der Waals surface area contributed by atoms with Crippen LogP contribution in [0.5, 0.6) is 5.75 Å². The Labute approximate surface area is 176 Å². The highest BCUT2D eigenvalue weighted by Crippen LogP contribution is 2.34. The summed E-state index contributed by atoms with van der Waals surface area (Å²) in [5.74, 6) is 2.08. The third kappa shape index (κ3) is 4.71. The smallest absolute Gasteiger partial charge is 0.257 e. The first-order valence-corrected chi connectivity index (χ1v) is 10.3. The molecule has 0 spiro atoms. The number of hydrogen-bond acceptors (Lipinski definition) is 6. The number of amides is 1. The van der Waals surface area contributed by atoms with E-state index in [-0.39, 0.29) is 18.5 Å². The summed E-state index contributed by atoms with van der Waals surface area (Å²) in [6, 6.07) is 13.3. The second-order valence-corrected chi connectivity index (χ2v) is 7.84. The third-order valence-corrected chi connectivity index (χ3v) is 5.57. The Morgan fingerprint density at radius 2 is 2.13 bits per heavy atom. The summed E-state index contributed by atoms with van der Waals surface area (Å²) < 4.78 is 10.9. The number of rotatable bonds is 9.